The van der Waals surface area contributed by atoms with Crippen molar-refractivity contribution in [2.24, 2.45) is 0 Å². The van der Waals surface area contributed by atoms with Gasteiger partial charge in [-0.25, -0.2) is 4.39 Å². The predicted octanol–water partition coefficient (Wildman–Crippen LogP) is 3.02. The molecule has 0 fully saturated rings. The third-order valence-electron chi connectivity index (χ3n) is 3.12. The van der Waals surface area contributed by atoms with Gasteiger partial charge in [0.1, 0.15) is 18.2 Å². The van der Waals surface area contributed by atoms with Crippen LogP contribution in [-0.2, 0) is 6.61 Å². The van der Waals surface area contributed by atoms with E-state index in [1.165, 1.54) is 6.07 Å². The quantitative estimate of drug-likeness (QED) is 0.875. The van der Waals surface area contributed by atoms with Gasteiger partial charge in [0.15, 0.2) is 11.5 Å². The first-order valence-corrected chi connectivity index (χ1v) is 6.20. The third kappa shape index (κ3) is 2.34. The maximum Gasteiger partial charge on any atom is 0.231 e. The lowest BCUT2D eigenvalue weighted by Gasteiger charge is -2.10. The summed E-state index contributed by atoms with van der Waals surface area (Å²) >= 11 is 0. The molecule has 1 aliphatic heterocycles. The van der Waals surface area contributed by atoms with E-state index in [0.717, 1.165) is 11.3 Å². The number of halogens is 1. The lowest BCUT2D eigenvalue weighted by atomic mass is 10.2. The van der Waals surface area contributed by atoms with E-state index < -0.39 is 0 Å². The molecule has 1 heterocycles. The second-order valence-electron chi connectivity index (χ2n) is 4.62. The topological polar surface area (TPSA) is 53.7 Å². The molecule has 0 spiro atoms. The molecule has 0 atom stereocenters. The number of benzene rings is 2. The average molecular weight is 275 g/mol. The van der Waals surface area contributed by atoms with E-state index in [1.807, 2.05) is 18.2 Å². The molecule has 0 amide bonds. The van der Waals surface area contributed by atoms with Crippen LogP contribution < -0.4 is 19.9 Å². The van der Waals surface area contributed by atoms with Crippen LogP contribution in [0.5, 0.6) is 17.2 Å². The summed E-state index contributed by atoms with van der Waals surface area (Å²) in [5.41, 5.74) is 7.45. The molecule has 104 valence electrons. The van der Waals surface area contributed by atoms with Crippen molar-refractivity contribution in [1.29, 1.82) is 0 Å². The summed E-state index contributed by atoms with van der Waals surface area (Å²) in [4.78, 5) is 0. The highest BCUT2D eigenvalue weighted by Crippen LogP contribution is 2.33. The fraction of sp³-hybridized carbons (Fsp3) is 0.200. The first-order chi connectivity index (χ1) is 9.63. The number of hydrogen-bond acceptors (Lipinski definition) is 4. The molecule has 0 aliphatic carbocycles. The highest BCUT2D eigenvalue weighted by atomic mass is 19.1. The van der Waals surface area contributed by atoms with Crippen molar-refractivity contribution in [1.82, 2.24) is 0 Å². The lowest BCUT2D eigenvalue weighted by molar-refractivity contribution is 0.174. The number of hydrogen-bond donors (Lipinski definition) is 1. The molecule has 2 aromatic carbocycles. The Morgan fingerprint density at radius 3 is 2.85 bits per heavy atom. The van der Waals surface area contributed by atoms with Crippen LogP contribution in [0.15, 0.2) is 30.3 Å². The van der Waals surface area contributed by atoms with Crippen molar-refractivity contribution in [3.8, 4) is 17.2 Å². The van der Waals surface area contributed by atoms with Crippen LogP contribution in [0, 0.1) is 12.7 Å². The molecule has 0 radical (unpaired) electrons. The SMILES string of the molecule is Cc1cc(OCc2ccc3c(c2)OCO3)c(N)cc1F. The Kier molecular flexibility index (Phi) is 3.10. The number of fused-ring (bicyclic) bond motifs is 1. The van der Waals surface area contributed by atoms with Gasteiger partial charge in [0.2, 0.25) is 6.79 Å². The lowest BCUT2D eigenvalue weighted by Crippen LogP contribution is -2.00. The van der Waals surface area contributed by atoms with Crippen LogP contribution in [0.4, 0.5) is 10.1 Å². The molecule has 0 saturated carbocycles. The molecular weight excluding hydrogens is 261 g/mol. The van der Waals surface area contributed by atoms with Crippen LogP contribution in [0.2, 0.25) is 0 Å². The molecule has 0 saturated heterocycles. The fourth-order valence-electron chi connectivity index (χ4n) is 1.99. The third-order valence-corrected chi connectivity index (χ3v) is 3.12. The molecule has 2 aromatic rings. The van der Waals surface area contributed by atoms with Gasteiger partial charge in [-0.2, -0.15) is 0 Å². The highest BCUT2D eigenvalue weighted by Gasteiger charge is 2.13. The standard InChI is InChI=1S/C15H14FNO3/c1-9-4-14(12(17)6-11(9)16)18-7-10-2-3-13-15(5-10)20-8-19-13/h2-6H,7-8,17H2,1H3. The molecular formula is C15H14FNO3. The number of nitrogens with two attached hydrogens (primary N) is 1. The first-order valence-electron chi connectivity index (χ1n) is 6.20. The Balaban J connectivity index is 1.75. The zero-order chi connectivity index (χ0) is 14.1. The van der Waals surface area contributed by atoms with Crippen LogP contribution in [0.1, 0.15) is 11.1 Å². The maximum atomic E-state index is 13.3. The number of anilines is 1. The van der Waals surface area contributed by atoms with Gasteiger partial charge in [-0.1, -0.05) is 6.07 Å². The maximum absolute atomic E-state index is 13.3. The Morgan fingerprint density at radius 2 is 2.00 bits per heavy atom. The molecule has 0 aromatic heterocycles. The summed E-state index contributed by atoms with van der Waals surface area (Å²) in [6.45, 7) is 2.23. The normalized spacial score (nSPS) is 12.5. The van der Waals surface area contributed by atoms with E-state index in [-0.39, 0.29) is 18.3 Å². The van der Waals surface area contributed by atoms with Crippen molar-refractivity contribution in [3.63, 3.8) is 0 Å². The van der Waals surface area contributed by atoms with E-state index in [4.69, 9.17) is 19.9 Å². The van der Waals surface area contributed by atoms with Crippen LogP contribution in [0.25, 0.3) is 0 Å². The molecule has 1 aliphatic rings. The van der Waals surface area contributed by atoms with Gasteiger partial charge in [0.25, 0.3) is 0 Å². The van der Waals surface area contributed by atoms with Crippen molar-refractivity contribution in [2.45, 2.75) is 13.5 Å². The predicted molar refractivity (Wildman–Crippen MR) is 72.4 cm³/mol. The second kappa shape index (κ2) is 4.92. The second-order valence-corrected chi connectivity index (χ2v) is 4.62. The molecule has 3 rings (SSSR count). The van der Waals surface area contributed by atoms with Crippen molar-refractivity contribution in [2.75, 3.05) is 12.5 Å². The summed E-state index contributed by atoms with van der Waals surface area (Å²) in [6, 6.07) is 8.44. The summed E-state index contributed by atoms with van der Waals surface area (Å²) in [5, 5.41) is 0. The summed E-state index contributed by atoms with van der Waals surface area (Å²) in [7, 11) is 0. The van der Waals surface area contributed by atoms with Gasteiger partial charge in [-0.15, -0.1) is 0 Å². The van der Waals surface area contributed by atoms with Crippen molar-refractivity contribution in [3.05, 3.63) is 47.3 Å². The van der Waals surface area contributed by atoms with Gasteiger partial charge in [0, 0.05) is 6.07 Å². The largest absolute Gasteiger partial charge is 0.487 e. The van der Waals surface area contributed by atoms with E-state index in [1.54, 1.807) is 13.0 Å². The van der Waals surface area contributed by atoms with E-state index in [9.17, 15) is 4.39 Å². The van der Waals surface area contributed by atoms with Crippen molar-refractivity contribution >= 4 is 5.69 Å². The van der Waals surface area contributed by atoms with Gasteiger partial charge in [0.05, 0.1) is 5.69 Å². The summed E-state index contributed by atoms with van der Waals surface area (Å²) < 4.78 is 29.5. The average Bonchev–Trinajstić information content (AvgIpc) is 2.89. The minimum atomic E-state index is -0.335. The molecule has 0 unspecified atom stereocenters. The van der Waals surface area contributed by atoms with Gasteiger partial charge in [-0.05, 0) is 36.2 Å². The number of nitrogen functional groups attached to an aromatic ring is 1. The molecule has 20 heavy (non-hydrogen) atoms. The molecule has 0 bridgehead atoms. The molecule has 2 N–H and O–H groups in total. The zero-order valence-corrected chi connectivity index (χ0v) is 11.0. The number of ether oxygens (including phenoxy) is 3. The Bertz CT molecular complexity index is 658. The van der Waals surface area contributed by atoms with Crippen LogP contribution in [-0.4, -0.2) is 6.79 Å². The summed E-state index contributed by atoms with van der Waals surface area (Å²) in [5.74, 6) is 1.57. The van der Waals surface area contributed by atoms with E-state index >= 15 is 0 Å². The first kappa shape index (κ1) is 12.6. The minimum Gasteiger partial charge on any atom is -0.487 e. The Hall–Kier alpha value is -2.43. The monoisotopic (exact) mass is 275 g/mol. The molecule has 4 nitrogen and oxygen atoms in total. The minimum absolute atomic E-state index is 0.240. The van der Waals surface area contributed by atoms with Crippen LogP contribution in [0.3, 0.4) is 0 Å². The van der Waals surface area contributed by atoms with Gasteiger partial charge >= 0.3 is 0 Å². The zero-order valence-electron chi connectivity index (χ0n) is 11.0. The Labute approximate surface area is 115 Å². The van der Waals surface area contributed by atoms with E-state index in [2.05, 4.69) is 0 Å². The summed E-state index contributed by atoms with van der Waals surface area (Å²) in [6.07, 6.45) is 0. The number of rotatable bonds is 3. The van der Waals surface area contributed by atoms with Crippen LogP contribution >= 0.6 is 0 Å². The van der Waals surface area contributed by atoms with E-state index in [0.29, 0.717) is 23.7 Å². The highest BCUT2D eigenvalue weighted by molar-refractivity contribution is 5.54. The number of aryl methyl sites for hydroxylation is 1. The fourth-order valence-corrected chi connectivity index (χ4v) is 1.99. The van der Waals surface area contributed by atoms with Crippen molar-refractivity contribution < 1.29 is 18.6 Å². The Morgan fingerprint density at radius 1 is 1.20 bits per heavy atom. The smallest absolute Gasteiger partial charge is 0.231 e. The molecule has 5 heteroatoms. The van der Waals surface area contributed by atoms with Gasteiger partial charge in [-0.3, -0.25) is 0 Å². The van der Waals surface area contributed by atoms with Gasteiger partial charge < -0.3 is 19.9 Å².